The lowest BCUT2D eigenvalue weighted by molar-refractivity contribution is 0.0927. The number of hydrogen-bond acceptors (Lipinski definition) is 3. The van der Waals surface area contributed by atoms with Gasteiger partial charge in [-0.15, -0.1) is 0 Å². The molecule has 35 heavy (non-hydrogen) atoms. The summed E-state index contributed by atoms with van der Waals surface area (Å²) < 4.78 is 14.1. The highest BCUT2D eigenvalue weighted by atomic mass is 19.1. The number of carbonyl (C=O) groups excluding carboxylic acids is 2. The number of hydrogen-bond donors (Lipinski definition) is 2. The van der Waals surface area contributed by atoms with Crippen LogP contribution in [0.4, 0.5) is 15.8 Å². The molecular formula is C29H30FN3O2. The third-order valence-electron chi connectivity index (χ3n) is 7.03. The van der Waals surface area contributed by atoms with Gasteiger partial charge in [-0.2, -0.15) is 0 Å². The highest BCUT2D eigenvalue weighted by Gasteiger charge is 2.24. The molecule has 0 bridgehead atoms. The minimum absolute atomic E-state index is 0.0302. The Hall–Kier alpha value is -3.67. The van der Waals surface area contributed by atoms with Crippen LogP contribution in [0, 0.1) is 5.82 Å². The van der Waals surface area contributed by atoms with Crippen molar-refractivity contribution >= 4 is 23.2 Å². The molecule has 0 aromatic heterocycles. The fourth-order valence-electron chi connectivity index (χ4n) is 5.13. The van der Waals surface area contributed by atoms with Crippen LogP contribution < -0.4 is 15.5 Å². The molecule has 1 aliphatic carbocycles. The molecule has 0 unspecified atom stereocenters. The zero-order chi connectivity index (χ0) is 24.2. The summed E-state index contributed by atoms with van der Waals surface area (Å²) in [6, 6.07) is 19.8. The summed E-state index contributed by atoms with van der Waals surface area (Å²) in [6.07, 6.45) is 6.34. The molecule has 1 heterocycles. The van der Waals surface area contributed by atoms with Crippen LogP contribution in [0.15, 0.2) is 66.7 Å². The molecule has 180 valence electrons. The molecule has 3 aromatic rings. The number of benzene rings is 3. The zero-order valence-electron chi connectivity index (χ0n) is 19.7. The Labute approximate surface area is 205 Å². The summed E-state index contributed by atoms with van der Waals surface area (Å²) >= 11 is 0. The van der Waals surface area contributed by atoms with E-state index in [1.54, 1.807) is 24.3 Å². The van der Waals surface area contributed by atoms with Gasteiger partial charge in [0.1, 0.15) is 5.82 Å². The van der Waals surface area contributed by atoms with Crippen molar-refractivity contribution in [2.75, 3.05) is 16.8 Å². The molecule has 2 amide bonds. The van der Waals surface area contributed by atoms with Crippen LogP contribution in [-0.4, -0.2) is 24.4 Å². The van der Waals surface area contributed by atoms with Crippen molar-refractivity contribution < 1.29 is 14.0 Å². The smallest absolute Gasteiger partial charge is 0.258 e. The lowest BCUT2D eigenvalue weighted by Gasteiger charge is -2.32. The molecule has 0 atom stereocenters. The molecule has 1 saturated carbocycles. The SMILES string of the molecule is O=C(Nc1ccc(N2CCc3ccccc3C2)c(C(=O)NC2CCCCC2)c1)c1ccccc1F. The van der Waals surface area contributed by atoms with E-state index in [1.807, 2.05) is 12.1 Å². The highest BCUT2D eigenvalue weighted by Crippen LogP contribution is 2.30. The first-order chi connectivity index (χ1) is 17.1. The van der Waals surface area contributed by atoms with Gasteiger partial charge in [0.2, 0.25) is 0 Å². The van der Waals surface area contributed by atoms with Gasteiger partial charge in [-0.3, -0.25) is 9.59 Å². The van der Waals surface area contributed by atoms with Crippen LogP contribution in [0.25, 0.3) is 0 Å². The summed E-state index contributed by atoms with van der Waals surface area (Å²) in [5.74, 6) is -1.25. The molecule has 0 saturated heterocycles. The Bertz CT molecular complexity index is 1240. The second-order valence-corrected chi connectivity index (χ2v) is 9.41. The van der Waals surface area contributed by atoms with Crippen LogP contribution in [0.1, 0.15) is 63.9 Å². The number of nitrogens with zero attached hydrogens (tertiary/aromatic N) is 1. The van der Waals surface area contributed by atoms with Gasteiger partial charge in [0.25, 0.3) is 11.8 Å². The normalized spacial score (nSPS) is 15.9. The number of carbonyl (C=O) groups is 2. The van der Waals surface area contributed by atoms with E-state index in [0.29, 0.717) is 11.3 Å². The van der Waals surface area contributed by atoms with E-state index >= 15 is 0 Å². The Morgan fingerprint density at radius 3 is 2.37 bits per heavy atom. The van der Waals surface area contributed by atoms with Gasteiger partial charge in [-0.1, -0.05) is 55.7 Å². The number of anilines is 2. The number of halogens is 1. The number of fused-ring (bicyclic) bond motifs is 1. The molecule has 3 aromatic carbocycles. The fraction of sp³-hybridized carbons (Fsp3) is 0.310. The highest BCUT2D eigenvalue weighted by molar-refractivity contribution is 6.06. The lowest BCUT2D eigenvalue weighted by atomic mass is 9.95. The molecule has 2 N–H and O–H groups in total. The Balaban J connectivity index is 1.43. The molecule has 5 rings (SSSR count). The van der Waals surface area contributed by atoms with E-state index < -0.39 is 11.7 Å². The molecule has 1 aliphatic heterocycles. The average molecular weight is 472 g/mol. The van der Waals surface area contributed by atoms with Crippen LogP contribution >= 0.6 is 0 Å². The van der Waals surface area contributed by atoms with Crippen molar-refractivity contribution in [2.24, 2.45) is 0 Å². The largest absolute Gasteiger partial charge is 0.366 e. The van der Waals surface area contributed by atoms with E-state index in [9.17, 15) is 14.0 Å². The van der Waals surface area contributed by atoms with Crippen molar-refractivity contribution in [3.63, 3.8) is 0 Å². The van der Waals surface area contributed by atoms with Gasteiger partial charge >= 0.3 is 0 Å². The zero-order valence-corrected chi connectivity index (χ0v) is 19.7. The quantitative estimate of drug-likeness (QED) is 0.502. The molecule has 2 aliphatic rings. The molecule has 1 fully saturated rings. The third kappa shape index (κ3) is 5.21. The van der Waals surface area contributed by atoms with E-state index in [2.05, 4.69) is 33.7 Å². The van der Waals surface area contributed by atoms with Gasteiger partial charge in [0.05, 0.1) is 11.1 Å². The molecule has 6 heteroatoms. The van der Waals surface area contributed by atoms with E-state index in [1.165, 1.54) is 29.7 Å². The Morgan fingerprint density at radius 2 is 1.57 bits per heavy atom. The topological polar surface area (TPSA) is 61.4 Å². The van der Waals surface area contributed by atoms with E-state index in [4.69, 9.17) is 0 Å². The van der Waals surface area contributed by atoms with E-state index in [-0.39, 0.29) is 17.5 Å². The van der Waals surface area contributed by atoms with Crippen LogP contribution in [0.3, 0.4) is 0 Å². The van der Waals surface area contributed by atoms with Gasteiger partial charge in [0.15, 0.2) is 0 Å². The first kappa shape index (κ1) is 23.1. The summed E-state index contributed by atoms with van der Waals surface area (Å²) in [6.45, 7) is 1.53. The number of rotatable bonds is 5. The minimum Gasteiger partial charge on any atom is -0.366 e. The van der Waals surface area contributed by atoms with Crippen LogP contribution in [0.5, 0.6) is 0 Å². The number of nitrogens with one attached hydrogen (secondary N) is 2. The van der Waals surface area contributed by atoms with Crippen LogP contribution in [0.2, 0.25) is 0 Å². The second kappa shape index (κ2) is 10.3. The third-order valence-corrected chi connectivity index (χ3v) is 7.03. The first-order valence-corrected chi connectivity index (χ1v) is 12.4. The van der Waals surface area contributed by atoms with Crippen molar-refractivity contribution in [2.45, 2.75) is 51.1 Å². The van der Waals surface area contributed by atoms with Crippen LogP contribution in [-0.2, 0) is 13.0 Å². The van der Waals surface area contributed by atoms with Gasteiger partial charge < -0.3 is 15.5 Å². The molecule has 5 nitrogen and oxygen atoms in total. The van der Waals surface area contributed by atoms with E-state index in [0.717, 1.165) is 50.9 Å². The predicted molar refractivity (Wildman–Crippen MR) is 136 cm³/mol. The summed E-state index contributed by atoms with van der Waals surface area (Å²) in [5.41, 5.74) is 4.41. The Morgan fingerprint density at radius 1 is 0.829 bits per heavy atom. The van der Waals surface area contributed by atoms with Gasteiger partial charge in [0, 0.05) is 30.5 Å². The predicted octanol–water partition coefficient (Wildman–Crippen LogP) is 5.70. The van der Waals surface area contributed by atoms with Gasteiger partial charge in [-0.05, 0) is 60.7 Å². The summed E-state index contributed by atoms with van der Waals surface area (Å²) in [4.78, 5) is 28.4. The maximum Gasteiger partial charge on any atom is 0.258 e. The summed E-state index contributed by atoms with van der Waals surface area (Å²) in [7, 11) is 0. The maximum atomic E-state index is 14.1. The monoisotopic (exact) mass is 471 g/mol. The van der Waals surface area contributed by atoms with Gasteiger partial charge in [-0.25, -0.2) is 4.39 Å². The standard InChI is InChI=1S/C29H30FN3O2/c30-26-13-7-6-12-24(26)28(34)32-23-14-15-27(33-17-16-20-8-4-5-9-21(20)19-33)25(18-23)29(35)31-22-10-2-1-3-11-22/h4-9,12-15,18,22H,1-3,10-11,16-17,19H2,(H,31,35)(H,32,34). The van der Waals surface area contributed by atoms with Crippen molar-refractivity contribution in [3.05, 3.63) is 94.8 Å². The second-order valence-electron chi connectivity index (χ2n) is 9.41. The van der Waals surface area contributed by atoms with Crippen molar-refractivity contribution in [1.29, 1.82) is 0 Å². The molecule has 0 spiro atoms. The minimum atomic E-state index is -0.580. The van der Waals surface area contributed by atoms with Crippen molar-refractivity contribution in [1.82, 2.24) is 5.32 Å². The fourth-order valence-corrected chi connectivity index (χ4v) is 5.13. The first-order valence-electron chi connectivity index (χ1n) is 12.4. The average Bonchev–Trinajstić information content (AvgIpc) is 2.89. The molecule has 0 radical (unpaired) electrons. The maximum absolute atomic E-state index is 14.1. The summed E-state index contributed by atoms with van der Waals surface area (Å²) in [5, 5.41) is 5.98. The number of amides is 2. The van der Waals surface area contributed by atoms with Crippen molar-refractivity contribution in [3.8, 4) is 0 Å². The molecular weight excluding hydrogens is 441 g/mol. The Kier molecular flexibility index (Phi) is 6.80. The lowest BCUT2D eigenvalue weighted by Crippen LogP contribution is -2.38.